The van der Waals surface area contributed by atoms with Gasteiger partial charge < -0.3 is 23.5 Å². The van der Waals surface area contributed by atoms with E-state index in [2.05, 4.69) is 82.7 Å². The number of amides is 1. The maximum Gasteiger partial charge on any atom is 0.410 e. The maximum absolute atomic E-state index is 13.6. The molecule has 0 aromatic carbocycles. The summed E-state index contributed by atoms with van der Waals surface area (Å²) >= 11 is 3.89. The van der Waals surface area contributed by atoms with Crippen molar-refractivity contribution in [2.75, 3.05) is 19.7 Å². The summed E-state index contributed by atoms with van der Waals surface area (Å²) in [5.41, 5.74) is 1.85. The number of nitrogens with zero attached hydrogens (tertiary/aromatic N) is 1. The van der Waals surface area contributed by atoms with E-state index in [1.807, 2.05) is 25.7 Å². The van der Waals surface area contributed by atoms with E-state index in [4.69, 9.17) is 18.6 Å². The van der Waals surface area contributed by atoms with Crippen molar-refractivity contribution in [3.05, 3.63) is 33.4 Å². The highest BCUT2D eigenvalue weighted by Gasteiger charge is 2.74. The number of ether oxygens (including phenoxy) is 3. The molecule has 0 aromatic rings. The van der Waals surface area contributed by atoms with E-state index in [9.17, 15) is 4.79 Å². The third kappa shape index (κ3) is 4.21. The van der Waals surface area contributed by atoms with Crippen molar-refractivity contribution in [1.82, 2.24) is 4.90 Å². The van der Waals surface area contributed by atoms with Gasteiger partial charge in [-0.3, -0.25) is 0 Å². The zero-order valence-corrected chi connectivity index (χ0v) is 29.1. The minimum absolute atomic E-state index is 0.0728. The van der Waals surface area contributed by atoms with Gasteiger partial charge in [0.05, 0.1) is 12.7 Å². The second-order valence-electron chi connectivity index (χ2n) is 15.2. The number of hydrogen-bond donors (Lipinski definition) is 0. The van der Waals surface area contributed by atoms with Gasteiger partial charge in [0, 0.05) is 23.0 Å². The van der Waals surface area contributed by atoms with Crippen molar-refractivity contribution < 1.29 is 23.4 Å². The zero-order valence-electron chi connectivity index (χ0n) is 26.5. The molecule has 1 saturated heterocycles. The fourth-order valence-corrected chi connectivity index (χ4v) is 10.2. The van der Waals surface area contributed by atoms with Crippen LogP contribution >= 0.6 is 15.9 Å². The van der Waals surface area contributed by atoms with Crippen LogP contribution in [0.3, 0.4) is 0 Å². The lowest BCUT2D eigenvalue weighted by atomic mass is 9.50. The summed E-state index contributed by atoms with van der Waals surface area (Å²) in [6, 6.07) is 0. The quantitative estimate of drug-likeness (QED) is 0.232. The summed E-state index contributed by atoms with van der Waals surface area (Å²) in [7, 11) is -2.06. The molecule has 0 aromatic heterocycles. The summed E-state index contributed by atoms with van der Waals surface area (Å²) < 4.78 is 28.2. The predicted octanol–water partition coefficient (Wildman–Crippen LogP) is 7.90. The number of carbonyl (C=O) groups excluding carboxylic acids is 1. The zero-order chi connectivity index (χ0) is 29.7. The standard InChI is InChI=1S/C32H50BrNO5Si/c1-12-22-26(33)24-17-25-31-14-13-23(21(3)39-40(10,11)29(7,8)9)30(31,18-20(2)32(22,25)37-24)19-34(15-16-36-31)27(35)38-28(4,5)6/h13,17,20-21,24H,12,14-16,18-19H2,1-11H3/t20-,21-,24-,30+,31+,32-/m1/s1. The molecule has 0 N–H and O–H groups in total. The Morgan fingerprint density at radius 2 is 1.93 bits per heavy atom. The molecule has 1 spiro atoms. The van der Waals surface area contributed by atoms with Crippen LogP contribution in [0.1, 0.15) is 81.6 Å². The smallest absolute Gasteiger partial charge is 0.410 e. The van der Waals surface area contributed by atoms with Crippen LogP contribution < -0.4 is 0 Å². The van der Waals surface area contributed by atoms with Crippen LogP contribution in [0.15, 0.2) is 33.4 Å². The molecule has 0 unspecified atom stereocenters. The van der Waals surface area contributed by atoms with E-state index in [1.165, 1.54) is 21.2 Å². The SMILES string of the molecule is CCC1=C(Br)[C@H]2C=C3[C@@]1(O2)[C@H](C)C[C@@]12CN(C(=O)OC(C)(C)C)CCO[C@@]31CC=C2[C@@H](C)O[Si](C)(C)C(C)(C)C. The summed E-state index contributed by atoms with van der Waals surface area (Å²) in [6.45, 7) is 25.6. The van der Waals surface area contributed by atoms with Crippen LogP contribution in [0.4, 0.5) is 4.79 Å². The van der Waals surface area contributed by atoms with Crippen LogP contribution in [0.2, 0.25) is 18.1 Å². The van der Waals surface area contributed by atoms with Gasteiger partial charge in [0.25, 0.3) is 0 Å². The first-order valence-electron chi connectivity index (χ1n) is 15.1. The normalized spacial score (nSPS) is 36.5. The molecule has 40 heavy (non-hydrogen) atoms. The van der Waals surface area contributed by atoms with Crippen LogP contribution in [0.25, 0.3) is 0 Å². The monoisotopic (exact) mass is 635 g/mol. The van der Waals surface area contributed by atoms with Crippen molar-refractivity contribution in [1.29, 1.82) is 0 Å². The number of halogens is 1. The number of fused-ring (bicyclic) bond motifs is 1. The van der Waals surface area contributed by atoms with Gasteiger partial charge in [-0.05, 0) is 93.8 Å². The largest absolute Gasteiger partial charge is 0.444 e. The third-order valence-electron chi connectivity index (χ3n) is 10.6. The summed E-state index contributed by atoms with van der Waals surface area (Å²) in [5, 5.41) is 0.0929. The molecule has 3 heterocycles. The average Bonchev–Trinajstić information content (AvgIpc) is 3.40. The Hall–Kier alpha value is -0.933. The average molecular weight is 637 g/mol. The first-order chi connectivity index (χ1) is 18.4. The predicted molar refractivity (Wildman–Crippen MR) is 165 cm³/mol. The number of carbonyl (C=O) groups is 1. The van der Waals surface area contributed by atoms with Crippen molar-refractivity contribution in [2.24, 2.45) is 11.3 Å². The van der Waals surface area contributed by atoms with Crippen LogP contribution in [0, 0.1) is 11.3 Å². The van der Waals surface area contributed by atoms with Gasteiger partial charge in [-0.2, -0.15) is 0 Å². The van der Waals surface area contributed by atoms with Crippen LogP contribution in [0.5, 0.6) is 0 Å². The molecular formula is C32H50BrNO5Si. The van der Waals surface area contributed by atoms with Gasteiger partial charge in [0.1, 0.15) is 22.9 Å². The lowest BCUT2D eigenvalue weighted by Crippen LogP contribution is -2.65. The maximum atomic E-state index is 13.6. The Morgan fingerprint density at radius 1 is 1.25 bits per heavy atom. The molecule has 2 fully saturated rings. The molecule has 0 radical (unpaired) electrons. The van der Waals surface area contributed by atoms with Crippen molar-refractivity contribution in [2.45, 2.75) is 129 Å². The molecule has 8 heteroatoms. The Bertz CT molecular complexity index is 1180. The highest BCUT2D eigenvalue weighted by Crippen LogP contribution is 2.71. The van der Waals surface area contributed by atoms with Gasteiger partial charge >= 0.3 is 6.09 Å². The summed E-state index contributed by atoms with van der Waals surface area (Å²) in [6.07, 6.45) is 6.82. The molecule has 2 aliphatic carbocycles. The van der Waals surface area contributed by atoms with E-state index in [1.54, 1.807) is 0 Å². The lowest BCUT2D eigenvalue weighted by Gasteiger charge is -2.59. The highest BCUT2D eigenvalue weighted by molar-refractivity contribution is 9.11. The second kappa shape index (κ2) is 9.53. The number of hydrogen-bond acceptors (Lipinski definition) is 5. The molecular weight excluding hydrogens is 586 g/mol. The molecule has 5 aliphatic rings. The van der Waals surface area contributed by atoms with E-state index in [0.717, 1.165) is 19.3 Å². The molecule has 6 atom stereocenters. The van der Waals surface area contributed by atoms with Crippen LogP contribution in [-0.4, -0.2) is 68.0 Å². The fraction of sp³-hybridized carbons (Fsp3) is 0.781. The molecule has 224 valence electrons. The molecule has 6 nitrogen and oxygen atoms in total. The summed E-state index contributed by atoms with van der Waals surface area (Å²) in [4.78, 5) is 15.5. The van der Waals surface area contributed by atoms with Gasteiger partial charge in [0.15, 0.2) is 8.32 Å². The first kappa shape index (κ1) is 30.5. The lowest BCUT2D eigenvalue weighted by molar-refractivity contribution is -0.143. The van der Waals surface area contributed by atoms with Crippen molar-refractivity contribution in [3.8, 4) is 0 Å². The highest BCUT2D eigenvalue weighted by atomic mass is 79.9. The second-order valence-corrected chi connectivity index (χ2v) is 20.8. The molecule has 3 aliphatic heterocycles. The van der Waals surface area contributed by atoms with Gasteiger partial charge in [-0.25, -0.2) is 4.79 Å². The van der Waals surface area contributed by atoms with Gasteiger partial charge in [-0.1, -0.05) is 56.6 Å². The van der Waals surface area contributed by atoms with Crippen LogP contribution in [-0.2, 0) is 18.6 Å². The Kier molecular flexibility index (Phi) is 7.27. The molecule has 1 saturated carbocycles. The summed E-state index contributed by atoms with van der Waals surface area (Å²) in [5.74, 6) is 0.200. The molecule has 2 bridgehead atoms. The van der Waals surface area contributed by atoms with Gasteiger partial charge in [-0.15, -0.1) is 0 Å². The Balaban J connectivity index is 1.62. The topological polar surface area (TPSA) is 57.2 Å². The van der Waals surface area contributed by atoms with E-state index < -0.39 is 30.5 Å². The minimum Gasteiger partial charge on any atom is -0.444 e. The van der Waals surface area contributed by atoms with E-state index >= 15 is 0 Å². The first-order valence-corrected chi connectivity index (χ1v) is 18.9. The number of rotatable bonds is 4. The molecule has 1 amide bonds. The van der Waals surface area contributed by atoms with Crippen molar-refractivity contribution in [3.63, 3.8) is 0 Å². The van der Waals surface area contributed by atoms with Gasteiger partial charge in [0.2, 0.25) is 0 Å². The Morgan fingerprint density at radius 3 is 2.52 bits per heavy atom. The third-order valence-corrected chi connectivity index (χ3v) is 16.1. The van der Waals surface area contributed by atoms with E-state index in [0.29, 0.717) is 19.7 Å². The minimum atomic E-state index is -2.06. The van der Waals surface area contributed by atoms with E-state index in [-0.39, 0.29) is 29.3 Å². The fourth-order valence-electron chi connectivity index (χ4n) is 8.03. The molecule has 5 rings (SSSR count). The Labute approximate surface area is 251 Å². The van der Waals surface area contributed by atoms with Crippen molar-refractivity contribution >= 4 is 30.3 Å².